The molecule has 0 atom stereocenters. The Kier molecular flexibility index (Phi) is 3.73. The van der Waals surface area contributed by atoms with Gasteiger partial charge in [-0.3, -0.25) is 0 Å². The summed E-state index contributed by atoms with van der Waals surface area (Å²) in [5, 5.41) is 2.91. The van der Waals surface area contributed by atoms with Gasteiger partial charge in [-0.15, -0.1) is 0 Å². The SMILES string of the molecule is CC1(CNc2c(F)cc(N)cc2F)CCCCC1. The minimum Gasteiger partial charge on any atom is -0.399 e. The Morgan fingerprint density at radius 3 is 2.28 bits per heavy atom. The molecule has 1 aliphatic carbocycles. The monoisotopic (exact) mass is 254 g/mol. The molecule has 0 radical (unpaired) electrons. The Morgan fingerprint density at radius 2 is 1.72 bits per heavy atom. The molecule has 0 saturated heterocycles. The number of nitrogen functional groups attached to an aromatic ring is 1. The lowest BCUT2D eigenvalue weighted by atomic mass is 9.76. The van der Waals surface area contributed by atoms with Crippen LogP contribution in [-0.4, -0.2) is 6.54 Å². The van der Waals surface area contributed by atoms with Gasteiger partial charge in [0.1, 0.15) is 5.69 Å². The van der Waals surface area contributed by atoms with Gasteiger partial charge in [0.15, 0.2) is 11.6 Å². The van der Waals surface area contributed by atoms with Crippen LogP contribution in [0.15, 0.2) is 12.1 Å². The lowest BCUT2D eigenvalue weighted by Crippen LogP contribution is -2.29. The highest BCUT2D eigenvalue weighted by atomic mass is 19.1. The van der Waals surface area contributed by atoms with E-state index in [9.17, 15) is 8.78 Å². The standard InChI is InChI=1S/C14H20F2N2/c1-14(5-3-2-4-6-14)9-18-13-11(15)7-10(17)8-12(13)16/h7-8,18H,2-6,9,17H2,1H3. The largest absolute Gasteiger partial charge is 0.399 e. The molecule has 1 aliphatic rings. The van der Waals surface area contributed by atoms with Gasteiger partial charge in [0.2, 0.25) is 0 Å². The van der Waals surface area contributed by atoms with Gasteiger partial charge >= 0.3 is 0 Å². The zero-order valence-corrected chi connectivity index (χ0v) is 10.7. The highest BCUT2D eigenvalue weighted by molar-refractivity contribution is 5.54. The summed E-state index contributed by atoms with van der Waals surface area (Å²) in [6, 6.07) is 2.29. The van der Waals surface area contributed by atoms with E-state index in [2.05, 4.69) is 12.2 Å². The van der Waals surface area contributed by atoms with E-state index in [4.69, 9.17) is 5.73 Å². The molecule has 1 fully saturated rings. The summed E-state index contributed by atoms with van der Waals surface area (Å²) in [6.45, 7) is 2.77. The van der Waals surface area contributed by atoms with Crippen molar-refractivity contribution in [1.29, 1.82) is 0 Å². The van der Waals surface area contributed by atoms with E-state index >= 15 is 0 Å². The average molecular weight is 254 g/mol. The molecule has 18 heavy (non-hydrogen) atoms. The molecule has 0 bridgehead atoms. The fourth-order valence-electron chi connectivity index (χ4n) is 2.65. The van der Waals surface area contributed by atoms with Crippen LogP contribution >= 0.6 is 0 Å². The number of hydrogen-bond acceptors (Lipinski definition) is 2. The first-order valence-electron chi connectivity index (χ1n) is 6.49. The molecule has 0 spiro atoms. The average Bonchev–Trinajstić information content (AvgIpc) is 2.28. The van der Waals surface area contributed by atoms with Crippen LogP contribution in [0, 0.1) is 17.0 Å². The van der Waals surface area contributed by atoms with Gasteiger partial charge in [-0.05, 0) is 30.4 Å². The Hall–Kier alpha value is -1.32. The molecule has 1 saturated carbocycles. The third-order valence-electron chi connectivity index (χ3n) is 3.82. The number of nitrogens with two attached hydrogens (primary N) is 1. The van der Waals surface area contributed by atoms with Crippen molar-refractivity contribution >= 4 is 11.4 Å². The van der Waals surface area contributed by atoms with Gasteiger partial charge in [-0.1, -0.05) is 26.2 Å². The second-order valence-corrected chi connectivity index (χ2v) is 5.58. The molecule has 2 rings (SSSR count). The van der Waals surface area contributed by atoms with E-state index in [1.807, 2.05) is 0 Å². The fraction of sp³-hybridized carbons (Fsp3) is 0.571. The maximum absolute atomic E-state index is 13.6. The summed E-state index contributed by atoms with van der Waals surface area (Å²) < 4.78 is 27.2. The third-order valence-corrected chi connectivity index (χ3v) is 3.82. The number of rotatable bonds is 3. The minimum atomic E-state index is -0.619. The minimum absolute atomic E-state index is 0.0593. The fourth-order valence-corrected chi connectivity index (χ4v) is 2.65. The van der Waals surface area contributed by atoms with Crippen molar-refractivity contribution in [2.24, 2.45) is 5.41 Å². The maximum atomic E-state index is 13.6. The zero-order chi connectivity index (χ0) is 13.2. The highest BCUT2D eigenvalue weighted by Gasteiger charge is 2.27. The van der Waals surface area contributed by atoms with E-state index in [1.54, 1.807) is 0 Å². The van der Waals surface area contributed by atoms with Crippen LogP contribution in [0.1, 0.15) is 39.0 Å². The van der Waals surface area contributed by atoms with E-state index in [1.165, 1.54) is 19.3 Å². The van der Waals surface area contributed by atoms with E-state index in [0.717, 1.165) is 25.0 Å². The van der Waals surface area contributed by atoms with Gasteiger partial charge in [-0.2, -0.15) is 0 Å². The molecule has 0 heterocycles. The molecule has 0 amide bonds. The lowest BCUT2D eigenvalue weighted by molar-refractivity contribution is 0.233. The van der Waals surface area contributed by atoms with Crippen LogP contribution in [0.2, 0.25) is 0 Å². The number of hydrogen-bond donors (Lipinski definition) is 2. The second-order valence-electron chi connectivity index (χ2n) is 5.58. The van der Waals surface area contributed by atoms with Crippen molar-refractivity contribution in [1.82, 2.24) is 0 Å². The summed E-state index contributed by atoms with van der Waals surface area (Å²) in [5.41, 5.74) is 5.57. The maximum Gasteiger partial charge on any atom is 0.151 e. The predicted octanol–water partition coefficient (Wildman–Crippen LogP) is 3.93. The van der Waals surface area contributed by atoms with Gasteiger partial charge in [0.25, 0.3) is 0 Å². The number of benzene rings is 1. The number of halogens is 2. The quantitative estimate of drug-likeness (QED) is 0.802. The van der Waals surface area contributed by atoms with E-state index in [0.29, 0.717) is 6.54 Å². The van der Waals surface area contributed by atoms with Crippen molar-refractivity contribution in [3.05, 3.63) is 23.8 Å². The van der Waals surface area contributed by atoms with Crippen LogP contribution in [0.5, 0.6) is 0 Å². The van der Waals surface area contributed by atoms with Crippen molar-refractivity contribution in [3.8, 4) is 0 Å². The first kappa shape index (κ1) is 13.1. The molecule has 0 aliphatic heterocycles. The highest BCUT2D eigenvalue weighted by Crippen LogP contribution is 2.36. The Labute approximate surface area is 107 Å². The summed E-state index contributed by atoms with van der Waals surface area (Å²) in [5.74, 6) is -1.24. The third kappa shape index (κ3) is 2.92. The summed E-state index contributed by atoms with van der Waals surface area (Å²) in [7, 11) is 0. The molecule has 4 heteroatoms. The number of anilines is 2. The van der Waals surface area contributed by atoms with Crippen molar-refractivity contribution < 1.29 is 8.78 Å². The molecule has 0 aromatic heterocycles. The molecule has 2 nitrogen and oxygen atoms in total. The van der Waals surface area contributed by atoms with Gasteiger partial charge in [0, 0.05) is 12.2 Å². The van der Waals surface area contributed by atoms with Crippen LogP contribution < -0.4 is 11.1 Å². The van der Waals surface area contributed by atoms with Crippen molar-refractivity contribution in [2.75, 3.05) is 17.6 Å². The van der Waals surface area contributed by atoms with Crippen molar-refractivity contribution in [2.45, 2.75) is 39.0 Å². The summed E-state index contributed by atoms with van der Waals surface area (Å²) in [6.07, 6.45) is 5.88. The summed E-state index contributed by atoms with van der Waals surface area (Å²) in [4.78, 5) is 0. The number of nitrogens with one attached hydrogen (secondary N) is 1. The molecule has 3 N–H and O–H groups in total. The molecule has 0 unspecified atom stereocenters. The van der Waals surface area contributed by atoms with Gasteiger partial charge in [-0.25, -0.2) is 8.78 Å². The van der Waals surface area contributed by atoms with Gasteiger partial charge < -0.3 is 11.1 Å². The van der Waals surface area contributed by atoms with E-state index < -0.39 is 11.6 Å². The van der Waals surface area contributed by atoms with Crippen LogP contribution in [0.25, 0.3) is 0 Å². The van der Waals surface area contributed by atoms with Crippen LogP contribution in [0.4, 0.5) is 20.2 Å². The molecular formula is C14H20F2N2. The Morgan fingerprint density at radius 1 is 1.17 bits per heavy atom. The molecule has 100 valence electrons. The smallest absolute Gasteiger partial charge is 0.151 e. The lowest BCUT2D eigenvalue weighted by Gasteiger charge is -2.34. The van der Waals surface area contributed by atoms with Gasteiger partial charge in [0.05, 0.1) is 0 Å². The van der Waals surface area contributed by atoms with Crippen molar-refractivity contribution in [3.63, 3.8) is 0 Å². The molecule has 1 aromatic carbocycles. The molecule has 1 aromatic rings. The summed E-state index contributed by atoms with van der Waals surface area (Å²) >= 11 is 0. The zero-order valence-electron chi connectivity index (χ0n) is 10.7. The first-order valence-corrected chi connectivity index (χ1v) is 6.49. The van der Waals surface area contributed by atoms with Crippen LogP contribution in [-0.2, 0) is 0 Å². The second kappa shape index (κ2) is 5.12. The predicted molar refractivity (Wildman–Crippen MR) is 70.5 cm³/mol. The van der Waals surface area contributed by atoms with E-state index in [-0.39, 0.29) is 16.8 Å². The molecular weight excluding hydrogens is 234 g/mol. The normalized spacial score (nSPS) is 18.6. The Balaban J connectivity index is 2.06. The first-order chi connectivity index (χ1) is 8.50. The Bertz CT molecular complexity index is 403. The van der Waals surface area contributed by atoms with Crippen LogP contribution in [0.3, 0.4) is 0 Å². The topological polar surface area (TPSA) is 38.0 Å².